The maximum absolute atomic E-state index is 13.3. The van der Waals surface area contributed by atoms with Gasteiger partial charge in [-0.05, 0) is 132 Å². The summed E-state index contributed by atoms with van der Waals surface area (Å²) in [7, 11) is -3.61. The van der Waals surface area contributed by atoms with Crippen LogP contribution < -0.4 is 9.80 Å². The van der Waals surface area contributed by atoms with Crippen molar-refractivity contribution in [3.05, 3.63) is 237 Å². The van der Waals surface area contributed by atoms with Gasteiger partial charge in [0.2, 0.25) is 9.84 Å². The van der Waals surface area contributed by atoms with Crippen LogP contribution in [0.5, 0.6) is 0 Å². The molecule has 0 radical (unpaired) electrons. The van der Waals surface area contributed by atoms with Gasteiger partial charge in [0.15, 0.2) is 0 Å². The smallest absolute Gasteiger partial charge is 0.206 e. The molecule has 0 aliphatic rings. The molecule has 0 saturated heterocycles. The van der Waals surface area contributed by atoms with Gasteiger partial charge in [0, 0.05) is 50.6 Å². The fourth-order valence-electron chi connectivity index (χ4n) is 8.12. The number of benzene rings is 9. The fourth-order valence-corrected chi connectivity index (χ4v) is 9.41. The number of aromatic nitrogens is 1. The molecule has 6 heteroatoms. The number of hydrogen-bond acceptors (Lipinski definition) is 4. The van der Waals surface area contributed by atoms with Crippen molar-refractivity contribution >= 4 is 65.8 Å². The maximum Gasteiger partial charge on any atom is 0.206 e. The molecule has 1 aromatic heterocycles. The molecular weight excluding hydrogens is 755 g/mol. The third kappa shape index (κ3) is 6.79. The summed E-state index contributed by atoms with van der Waals surface area (Å²) >= 11 is 0. The first-order valence-corrected chi connectivity index (χ1v) is 21.4. The van der Waals surface area contributed by atoms with Gasteiger partial charge in [0.1, 0.15) is 0 Å². The lowest BCUT2D eigenvalue weighted by atomic mass is 10.1. The van der Waals surface area contributed by atoms with Crippen molar-refractivity contribution in [2.24, 2.45) is 0 Å². The summed E-state index contributed by atoms with van der Waals surface area (Å²) in [5, 5.41) is 2.25. The molecule has 10 aromatic rings. The minimum Gasteiger partial charge on any atom is -0.310 e. The van der Waals surface area contributed by atoms with Gasteiger partial charge in [0.05, 0.1) is 20.8 Å². The van der Waals surface area contributed by atoms with Gasteiger partial charge in [-0.15, -0.1) is 0 Å². The van der Waals surface area contributed by atoms with Crippen LogP contribution >= 0.6 is 0 Å². The van der Waals surface area contributed by atoms with Crippen LogP contribution in [0.2, 0.25) is 0 Å². The van der Waals surface area contributed by atoms with Crippen molar-refractivity contribution in [1.29, 1.82) is 0 Å². The highest BCUT2D eigenvalue weighted by Gasteiger charge is 2.21. The summed E-state index contributed by atoms with van der Waals surface area (Å²) < 4.78 is 28.9. The average molecular weight is 794 g/mol. The molecule has 60 heavy (non-hydrogen) atoms. The van der Waals surface area contributed by atoms with E-state index in [1.54, 1.807) is 36.4 Å². The van der Waals surface area contributed by atoms with Gasteiger partial charge in [0.25, 0.3) is 0 Å². The molecule has 5 nitrogen and oxygen atoms in total. The van der Waals surface area contributed by atoms with E-state index in [2.05, 4.69) is 172 Å². The Balaban J connectivity index is 1.12. The Morgan fingerprint density at radius 1 is 0.317 bits per heavy atom. The minimum atomic E-state index is -3.61. The Labute approximate surface area is 350 Å². The monoisotopic (exact) mass is 793 g/mol. The molecule has 0 atom stereocenters. The zero-order valence-electron chi connectivity index (χ0n) is 32.6. The molecule has 0 fully saturated rings. The number of fused-ring (bicyclic) bond motifs is 3. The van der Waals surface area contributed by atoms with Gasteiger partial charge in [-0.25, -0.2) is 8.42 Å². The Morgan fingerprint density at radius 2 is 0.650 bits per heavy atom. The molecule has 0 unspecified atom stereocenters. The van der Waals surface area contributed by atoms with Crippen LogP contribution in [0.1, 0.15) is 0 Å². The Morgan fingerprint density at radius 3 is 1.03 bits per heavy atom. The molecule has 9 aromatic carbocycles. The molecule has 288 valence electrons. The van der Waals surface area contributed by atoms with Crippen LogP contribution in [0.3, 0.4) is 0 Å². The number of anilines is 6. The van der Waals surface area contributed by atoms with E-state index in [9.17, 15) is 8.42 Å². The van der Waals surface area contributed by atoms with Gasteiger partial charge in [-0.2, -0.15) is 0 Å². The largest absolute Gasteiger partial charge is 0.310 e. The quantitative estimate of drug-likeness (QED) is 0.138. The third-order valence-electron chi connectivity index (χ3n) is 11.0. The molecule has 0 spiro atoms. The van der Waals surface area contributed by atoms with Crippen molar-refractivity contribution < 1.29 is 8.42 Å². The summed E-state index contributed by atoms with van der Waals surface area (Å²) in [6.07, 6.45) is 0. The van der Waals surface area contributed by atoms with Gasteiger partial charge in [-0.1, -0.05) is 115 Å². The number of hydrogen-bond donors (Lipinski definition) is 0. The fraction of sp³-hybridized carbons (Fsp3) is 0. The van der Waals surface area contributed by atoms with Crippen molar-refractivity contribution in [3.63, 3.8) is 0 Å². The molecule has 0 aliphatic heterocycles. The second kappa shape index (κ2) is 15.6. The van der Waals surface area contributed by atoms with Crippen LogP contribution in [0, 0.1) is 0 Å². The van der Waals surface area contributed by atoms with Crippen LogP contribution in [-0.2, 0) is 9.84 Å². The highest BCUT2D eigenvalue weighted by atomic mass is 32.2. The maximum atomic E-state index is 13.3. The standard InChI is InChI=1S/C54H39N3O2S/c58-60(59,49-24-14-5-15-25-49)50-34-28-41(29-35-50)40-26-30-46(31-27-40)57-53-36-32-47(55(42-16-6-1-7-17-42)43-18-8-2-9-19-43)38-51(53)52-39-48(33-37-54(52)57)56(44-20-10-3-11-21-44)45-22-12-4-13-23-45/h1-39H. The van der Waals surface area contributed by atoms with Crippen LogP contribution in [0.25, 0.3) is 38.6 Å². The van der Waals surface area contributed by atoms with E-state index in [1.807, 2.05) is 42.5 Å². The van der Waals surface area contributed by atoms with E-state index in [0.29, 0.717) is 0 Å². The summed E-state index contributed by atoms with van der Waals surface area (Å²) in [6.45, 7) is 0. The molecule has 1 heterocycles. The second-order valence-corrected chi connectivity index (χ2v) is 16.6. The van der Waals surface area contributed by atoms with Gasteiger partial charge >= 0.3 is 0 Å². The molecular formula is C54H39N3O2S. The second-order valence-electron chi connectivity index (χ2n) is 14.6. The van der Waals surface area contributed by atoms with E-state index in [1.165, 1.54) is 0 Å². The molecule has 0 saturated carbocycles. The SMILES string of the molecule is O=S(=O)(c1ccccc1)c1ccc(-c2ccc(-n3c4ccc(N(c5ccccc5)c5ccccc5)cc4c4cc(N(c5ccccc5)c5ccccc5)ccc43)cc2)cc1. The lowest BCUT2D eigenvalue weighted by Gasteiger charge is -2.26. The summed E-state index contributed by atoms with van der Waals surface area (Å²) in [4.78, 5) is 5.16. The number of nitrogens with zero attached hydrogens (tertiary/aromatic N) is 3. The molecule has 0 aliphatic carbocycles. The highest BCUT2D eigenvalue weighted by Crippen LogP contribution is 2.43. The molecule has 0 amide bonds. The van der Waals surface area contributed by atoms with Crippen molar-refractivity contribution in [2.75, 3.05) is 9.80 Å². The lowest BCUT2D eigenvalue weighted by molar-refractivity contribution is 0.596. The number of sulfone groups is 1. The highest BCUT2D eigenvalue weighted by molar-refractivity contribution is 7.91. The van der Waals surface area contributed by atoms with E-state index >= 15 is 0 Å². The van der Waals surface area contributed by atoms with Crippen molar-refractivity contribution in [3.8, 4) is 16.8 Å². The van der Waals surface area contributed by atoms with Crippen LogP contribution in [-0.4, -0.2) is 13.0 Å². The van der Waals surface area contributed by atoms with Crippen LogP contribution in [0.15, 0.2) is 246 Å². The first kappa shape index (κ1) is 36.7. The normalized spacial score (nSPS) is 11.5. The Bertz CT molecular complexity index is 2960. The first-order valence-electron chi connectivity index (χ1n) is 19.9. The molecule has 0 bridgehead atoms. The zero-order chi connectivity index (χ0) is 40.5. The average Bonchev–Trinajstić information content (AvgIpc) is 3.64. The van der Waals surface area contributed by atoms with E-state index in [0.717, 1.165) is 72.7 Å². The predicted octanol–water partition coefficient (Wildman–Crippen LogP) is 14.2. The molecule has 10 rings (SSSR count). The summed E-state index contributed by atoms with van der Waals surface area (Å²) in [5.74, 6) is 0. The van der Waals surface area contributed by atoms with Crippen molar-refractivity contribution in [2.45, 2.75) is 9.79 Å². The first-order chi connectivity index (χ1) is 29.5. The van der Waals surface area contributed by atoms with Gasteiger partial charge in [-0.3, -0.25) is 0 Å². The predicted molar refractivity (Wildman–Crippen MR) is 247 cm³/mol. The third-order valence-corrected chi connectivity index (χ3v) is 12.8. The van der Waals surface area contributed by atoms with Gasteiger partial charge < -0.3 is 14.4 Å². The van der Waals surface area contributed by atoms with E-state index in [-0.39, 0.29) is 9.79 Å². The molecule has 0 N–H and O–H groups in total. The number of rotatable bonds is 10. The minimum absolute atomic E-state index is 0.272. The summed E-state index contributed by atoms with van der Waals surface area (Å²) in [5.41, 5.74) is 11.5. The van der Waals surface area contributed by atoms with E-state index in [4.69, 9.17) is 0 Å². The van der Waals surface area contributed by atoms with Crippen LogP contribution in [0.4, 0.5) is 34.1 Å². The lowest BCUT2D eigenvalue weighted by Crippen LogP contribution is -2.09. The summed E-state index contributed by atoms with van der Waals surface area (Å²) in [6, 6.07) is 79.7. The topological polar surface area (TPSA) is 45.6 Å². The Hall–Kier alpha value is -7.67. The van der Waals surface area contributed by atoms with E-state index < -0.39 is 9.84 Å². The zero-order valence-corrected chi connectivity index (χ0v) is 33.4. The Kier molecular flexibility index (Phi) is 9.52. The number of para-hydroxylation sites is 4. The van der Waals surface area contributed by atoms with Crippen molar-refractivity contribution in [1.82, 2.24) is 4.57 Å².